The van der Waals surface area contributed by atoms with E-state index in [9.17, 15) is 0 Å². The molecule has 0 unspecified atom stereocenters. The minimum atomic E-state index is 0.513. The predicted molar refractivity (Wildman–Crippen MR) is 96.1 cm³/mol. The van der Waals surface area contributed by atoms with E-state index in [1.165, 1.54) is 0 Å². The Bertz CT molecular complexity index is 1010. The Morgan fingerprint density at radius 2 is 2.16 bits per heavy atom. The van der Waals surface area contributed by atoms with Crippen molar-refractivity contribution in [2.45, 2.75) is 19.5 Å². The highest BCUT2D eigenvalue weighted by Gasteiger charge is 2.31. The second-order valence-electron chi connectivity index (χ2n) is 6.51. The summed E-state index contributed by atoms with van der Waals surface area (Å²) in [6, 6.07) is 4.50. The van der Waals surface area contributed by atoms with E-state index >= 15 is 0 Å². The van der Waals surface area contributed by atoms with E-state index in [4.69, 9.17) is 0 Å². The molecule has 9 heteroatoms. The van der Waals surface area contributed by atoms with Crippen molar-refractivity contribution in [2.24, 2.45) is 0 Å². The summed E-state index contributed by atoms with van der Waals surface area (Å²) < 4.78 is 3.88. The van der Waals surface area contributed by atoms with Gasteiger partial charge < -0.3 is 4.90 Å². The third kappa shape index (κ3) is 2.47. The number of fused-ring (bicyclic) bond motifs is 2. The molecule has 0 radical (unpaired) electrons. The Hall–Kier alpha value is -2.52. The minimum absolute atomic E-state index is 0.513. The van der Waals surface area contributed by atoms with Gasteiger partial charge in [0.15, 0.2) is 16.4 Å². The highest BCUT2D eigenvalue weighted by molar-refractivity contribution is 7.15. The number of hydrogen-bond donors (Lipinski definition) is 0. The first-order chi connectivity index (χ1) is 12.2. The van der Waals surface area contributed by atoms with Crippen molar-refractivity contribution in [3.8, 4) is 0 Å². The molecule has 0 bridgehead atoms. The average Bonchev–Trinajstić information content (AvgIpc) is 3.21. The van der Waals surface area contributed by atoms with Crippen LogP contribution in [0.2, 0.25) is 0 Å². The maximum Gasteiger partial charge on any atom is 0.193 e. The highest BCUT2D eigenvalue weighted by Crippen LogP contribution is 2.23. The first-order valence-corrected chi connectivity index (χ1v) is 9.11. The van der Waals surface area contributed by atoms with E-state index < -0.39 is 0 Å². The molecule has 1 saturated heterocycles. The number of aromatic nitrogens is 6. The van der Waals surface area contributed by atoms with Crippen molar-refractivity contribution < 1.29 is 0 Å². The maximum atomic E-state index is 4.67. The van der Waals surface area contributed by atoms with E-state index in [1.54, 1.807) is 15.9 Å². The van der Waals surface area contributed by atoms with E-state index in [0.717, 1.165) is 47.6 Å². The third-order valence-electron chi connectivity index (χ3n) is 4.77. The Balaban J connectivity index is 1.25. The standard InChI is InChI=1S/C16H18N8S/c1-11-18-19-14-3-4-15(20-24(11)14)23-9-13(10-23)21(2)7-12-8-22-5-6-25-16(22)17-12/h3-6,8,13H,7,9-10H2,1-2H3. The van der Waals surface area contributed by atoms with Gasteiger partial charge in [0.2, 0.25) is 0 Å². The fraction of sp³-hybridized carbons (Fsp3) is 0.375. The van der Waals surface area contributed by atoms with Crippen LogP contribution >= 0.6 is 11.3 Å². The molecule has 1 fully saturated rings. The van der Waals surface area contributed by atoms with Crippen molar-refractivity contribution in [3.05, 3.63) is 41.4 Å². The lowest BCUT2D eigenvalue weighted by Gasteiger charge is -2.44. The molecule has 0 N–H and O–H groups in total. The van der Waals surface area contributed by atoms with Crippen LogP contribution in [-0.4, -0.2) is 60.3 Å². The van der Waals surface area contributed by atoms with Crippen LogP contribution in [0.3, 0.4) is 0 Å². The van der Waals surface area contributed by atoms with Crippen molar-refractivity contribution in [2.75, 3.05) is 25.0 Å². The molecule has 4 aromatic rings. The highest BCUT2D eigenvalue weighted by atomic mass is 32.1. The van der Waals surface area contributed by atoms with Crippen molar-refractivity contribution in [1.82, 2.24) is 34.1 Å². The van der Waals surface area contributed by atoms with Gasteiger partial charge in [0.1, 0.15) is 5.82 Å². The number of aryl methyl sites for hydroxylation is 1. The molecule has 1 aliphatic heterocycles. The molecule has 0 amide bonds. The Kier molecular flexibility index (Phi) is 3.25. The second-order valence-corrected chi connectivity index (χ2v) is 7.38. The Morgan fingerprint density at radius 1 is 1.28 bits per heavy atom. The lowest BCUT2D eigenvalue weighted by Crippen LogP contribution is -2.58. The summed E-state index contributed by atoms with van der Waals surface area (Å²) in [6.07, 6.45) is 4.17. The van der Waals surface area contributed by atoms with Crippen LogP contribution in [-0.2, 0) is 6.54 Å². The minimum Gasteiger partial charge on any atom is -0.352 e. The van der Waals surface area contributed by atoms with E-state index in [2.05, 4.69) is 59.3 Å². The number of imidazole rings is 1. The summed E-state index contributed by atoms with van der Waals surface area (Å²) >= 11 is 1.67. The molecule has 0 spiro atoms. The molecule has 0 saturated carbocycles. The van der Waals surface area contributed by atoms with Gasteiger partial charge in [-0.25, -0.2) is 4.98 Å². The molecule has 5 rings (SSSR count). The fourth-order valence-electron chi connectivity index (χ4n) is 3.21. The second kappa shape index (κ2) is 5.50. The predicted octanol–water partition coefficient (Wildman–Crippen LogP) is 1.46. The molecule has 0 aliphatic carbocycles. The van der Waals surface area contributed by atoms with E-state index in [0.29, 0.717) is 6.04 Å². The molecular weight excluding hydrogens is 336 g/mol. The number of nitrogens with zero attached hydrogens (tertiary/aromatic N) is 8. The van der Waals surface area contributed by atoms with Gasteiger partial charge in [0.05, 0.1) is 5.69 Å². The average molecular weight is 354 g/mol. The SMILES string of the molecule is Cc1nnc2ccc(N3CC(N(C)Cc4cn5ccsc5n4)C3)nn12. The summed E-state index contributed by atoms with van der Waals surface area (Å²) in [7, 11) is 2.16. The normalized spacial score (nSPS) is 15.6. The number of rotatable bonds is 4. The molecule has 4 aromatic heterocycles. The molecule has 128 valence electrons. The summed E-state index contributed by atoms with van der Waals surface area (Å²) in [4.78, 5) is 10.4. The molecule has 0 atom stereocenters. The number of likely N-dealkylation sites (N-methyl/N-ethyl adjacent to an activating group) is 1. The van der Waals surface area contributed by atoms with Crippen molar-refractivity contribution in [1.29, 1.82) is 0 Å². The smallest absolute Gasteiger partial charge is 0.193 e. The van der Waals surface area contributed by atoms with Gasteiger partial charge in [-0.05, 0) is 26.1 Å². The molecule has 0 aromatic carbocycles. The zero-order valence-corrected chi connectivity index (χ0v) is 14.9. The van der Waals surface area contributed by atoms with Crippen LogP contribution < -0.4 is 4.90 Å². The Labute approximate surface area is 148 Å². The lowest BCUT2D eigenvalue weighted by atomic mass is 10.1. The van der Waals surface area contributed by atoms with Crippen LogP contribution in [0.1, 0.15) is 11.5 Å². The molecule has 25 heavy (non-hydrogen) atoms. The van der Waals surface area contributed by atoms with Gasteiger partial charge in [-0.2, -0.15) is 4.52 Å². The van der Waals surface area contributed by atoms with Gasteiger partial charge in [-0.3, -0.25) is 9.30 Å². The van der Waals surface area contributed by atoms with E-state index in [1.807, 2.05) is 19.1 Å². The number of hydrogen-bond acceptors (Lipinski definition) is 7. The molecule has 1 aliphatic rings. The fourth-order valence-corrected chi connectivity index (χ4v) is 3.93. The van der Waals surface area contributed by atoms with Gasteiger partial charge in [0.25, 0.3) is 0 Å². The maximum absolute atomic E-state index is 4.67. The van der Waals surface area contributed by atoms with Crippen LogP contribution in [0.15, 0.2) is 29.9 Å². The van der Waals surface area contributed by atoms with Crippen LogP contribution in [0.25, 0.3) is 10.6 Å². The van der Waals surface area contributed by atoms with Crippen LogP contribution in [0.4, 0.5) is 5.82 Å². The third-order valence-corrected chi connectivity index (χ3v) is 5.54. The van der Waals surface area contributed by atoms with Gasteiger partial charge in [-0.1, -0.05) is 0 Å². The van der Waals surface area contributed by atoms with Gasteiger partial charge >= 0.3 is 0 Å². The summed E-state index contributed by atoms with van der Waals surface area (Å²) in [5, 5.41) is 14.8. The zero-order chi connectivity index (χ0) is 17.0. The lowest BCUT2D eigenvalue weighted by molar-refractivity contribution is 0.195. The Morgan fingerprint density at radius 3 is 3.00 bits per heavy atom. The van der Waals surface area contributed by atoms with Crippen LogP contribution in [0.5, 0.6) is 0 Å². The van der Waals surface area contributed by atoms with Gasteiger partial charge in [0, 0.05) is 43.4 Å². The summed E-state index contributed by atoms with van der Waals surface area (Å²) in [5.41, 5.74) is 1.91. The van der Waals surface area contributed by atoms with Crippen molar-refractivity contribution in [3.63, 3.8) is 0 Å². The molecule has 8 nitrogen and oxygen atoms in total. The van der Waals surface area contributed by atoms with Crippen LogP contribution in [0, 0.1) is 6.92 Å². The van der Waals surface area contributed by atoms with Gasteiger partial charge in [-0.15, -0.1) is 26.6 Å². The van der Waals surface area contributed by atoms with Crippen molar-refractivity contribution >= 4 is 27.8 Å². The monoisotopic (exact) mass is 354 g/mol. The first-order valence-electron chi connectivity index (χ1n) is 8.23. The number of anilines is 1. The topological polar surface area (TPSA) is 66.9 Å². The molecule has 5 heterocycles. The summed E-state index contributed by atoms with van der Waals surface area (Å²) in [6.45, 7) is 4.72. The number of thiazole rings is 1. The van der Waals surface area contributed by atoms with E-state index in [-0.39, 0.29) is 0 Å². The summed E-state index contributed by atoms with van der Waals surface area (Å²) in [5.74, 6) is 1.79. The quantitative estimate of drug-likeness (QED) is 0.553. The zero-order valence-electron chi connectivity index (χ0n) is 14.1. The first kappa shape index (κ1) is 14.8. The molecular formula is C16H18N8S. The largest absolute Gasteiger partial charge is 0.352 e.